The van der Waals surface area contributed by atoms with E-state index in [1.54, 1.807) is 0 Å². The lowest BCUT2D eigenvalue weighted by atomic mass is 10.2. The number of piperazine rings is 1. The molecule has 1 amide bonds. The van der Waals surface area contributed by atoms with Gasteiger partial charge in [0.05, 0.1) is 0 Å². The maximum absolute atomic E-state index is 13.0. The van der Waals surface area contributed by atoms with Gasteiger partial charge >= 0.3 is 0 Å². The lowest BCUT2D eigenvalue weighted by molar-refractivity contribution is -0.121. The van der Waals surface area contributed by atoms with Gasteiger partial charge < -0.3 is 10.6 Å². The van der Waals surface area contributed by atoms with Crippen molar-refractivity contribution in [2.45, 2.75) is 6.04 Å². The van der Waals surface area contributed by atoms with Gasteiger partial charge in [0.2, 0.25) is 5.91 Å². The summed E-state index contributed by atoms with van der Waals surface area (Å²) < 4.78 is 25.7. The third-order valence-electron chi connectivity index (χ3n) is 3.00. The summed E-state index contributed by atoms with van der Waals surface area (Å²) in [4.78, 5) is 13.9. The van der Waals surface area contributed by atoms with Crippen LogP contribution in [-0.2, 0) is 4.79 Å². The van der Waals surface area contributed by atoms with Crippen molar-refractivity contribution < 1.29 is 13.6 Å². The van der Waals surface area contributed by atoms with Crippen molar-refractivity contribution in [1.82, 2.24) is 10.2 Å². The number of nitrogens with zero attached hydrogens (tertiary/aromatic N) is 1. The zero-order valence-electron chi connectivity index (χ0n) is 10.0. The normalized spacial score (nSPS) is 20.7. The quantitative estimate of drug-likeness (QED) is 0.822. The van der Waals surface area contributed by atoms with Crippen LogP contribution in [0.15, 0.2) is 18.2 Å². The molecule has 1 aromatic rings. The van der Waals surface area contributed by atoms with Gasteiger partial charge in [0.1, 0.15) is 6.04 Å². The van der Waals surface area contributed by atoms with E-state index in [9.17, 15) is 13.6 Å². The SMILES string of the molecule is CN1CCNCC1C(=O)Nc1ccc(F)c(F)c1. The number of hydrogen-bond donors (Lipinski definition) is 2. The van der Waals surface area contributed by atoms with Gasteiger partial charge in [0, 0.05) is 31.4 Å². The van der Waals surface area contributed by atoms with E-state index in [4.69, 9.17) is 0 Å². The van der Waals surface area contributed by atoms with E-state index in [2.05, 4.69) is 10.6 Å². The Bertz CT molecular complexity index is 453. The first-order chi connectivity index (χ1) is 8.58. The highest BCUT2D eigenvalue weighted by Crippen LogP contribution is 2.14. The molecule has 1 aliphatic rings. The lowest BCUT2D eigenvalue weighted by Crippen LogP contribution is -2.54. The van der Waals surface area contributed by atoms with E-state index in [-0.39, 0.29) is 17.6 Å². The highest BCUT2D eigenvalue weighted by molar-refractivity contribution is 5.95. The molecule has 1 heterocycles. The highest BCUT2D eigenvalue weighted by atomic mass is 19.2. The van der Waals surface area contributed by atoms with Crippen molar-refractivity contribution in [3.63, 3.8) is 0 Å². The summed E-state index contributed by atoms with van der Waals surface area (Å²) in [6.07, 6.45) is 0. The predicted molar refractivity (Wildman–Crippen MR) is 64.3 cm³/mol. The number of carbonyl (C=O) groups excluding carboxylic acids is 1. The van der Waals surface area contributed by atoms with Crippen LogP contribution in [0.1, 0.15) is 0 Å². The molecule has 0 radical (unpaired) electrons. The van der Waals surface area contributed by atoms with Crippen molar-refractivity contribution in [2.24, 2.45) is 0 Å². The van der Waals surface area contributed by atoms with E-state index in [1.807, 2.05) is 11.9 Å². The fourth-order valence-corrected chi connectivity index (χ4v) is 1.90. The van der Waals surface area contributed by atoms with Gasteiger partial charge in [-0.3, -0.25) is 9.69 Å². The first-order valence-corrected chi connectivity index (χ1v) is 5.75. The summed E-state index contributed by atoms with van der Waals surface area (Å²) in [6, 6.07) is 3.01. The number of carbonyl (C=O) groups is 1. The molecule has 1 aromatic carbocycles. The van der Waals surface area contributed by atoms with E-state index in [0.29, 0.717) is 6.54 Å². The summed E-state index contributed by atoms with van der Waals surface area (Å²) in [5.74, 6) is -2.12. The lowest BCUT2D eigenvalue weighted by Gasteiger charge is -2.31. The molecule has 2 rings (SSSR count). The van der Waals surface area contributed by atoms with Crippen LogP contribution in [0.25, 0.3) is 0 Å². The van der Waals surface area contributed by atoms with Crippen molar-refractivity contribution in [2.75, 3.05) is 32.0 Å². The van der Waals surface area contributed by atoms with Crippen LogP contribution in [0.2, 0.25) is 0 Å². The van der Waals surface area contributed by atoms with Crippen LogP contribution in [0.5, 0.6) is 0 Å². The first-order valence-electron chi connectivity index (χ1n) is 5.75. The summed E-state index contributed by atoms with van der Waals surface area (Å²) in [6.45, 7) is 2.16. The van der Waals surface area contributed by atoms with Crippen molar-refractivity contribution >= 4 is 11.6 Å². The Balaban J connectivity index is 2.04. The van der Waals surface area contributed by atoms with Gasteiger partial charge in [-0.15, -0.1) is 0 Å². The second-order valence-electron chi connectivity index (χ2n) is 4.32. The molecule has 1 atom stereocenters. The van der Waals surface area contributed by atoms with Gasteiger partial charge in [0.25, 0.3) is 0 Å². The maximum atomic E-state index is 13.0. The molecule has 0 aromatic heterocycles. The second-order valence-corrected chi connectivity index (χ2v) is 4.32. The number of benzene rings is 1. The molecule has 1 unspecified atom stereocenters. The van der Waals surface area contributed by atoms with Gasteiger partial charge in [-0.25, -0.2) is 8.78 Å². The monoisotopic (exact) mass is 255 g/mol. The van der Waals surface area contributed by atoms with Crippen molar-refractivity contribution in [3.05, 3.63) is 29.8 Å². The van der Waals surface area contributed by atoms with Crippen LogP contribution in [0.4, 0.5) is 14.5 Å². The molecule has 0 bridgehead atoms. The van der Waals surface area contributed by atoms with Crippen LogP contribution >= 0.6 is 0 Å². The molecular weight excluding hydrogens is 240 g/mol. The standard InChI is InChI=1S/C12H15F2N3O/c1-17-5-4-15-7-11(17)12(18)16-8-2-3-9(13)10(14)6-8/h2-3,6,11,15H,4-5,7H2,1H3,(H,16,18). The average molecular weight is 255 g/mol. The number of anilines is 1. The van der Waals surface area contributed by atoms with Crippen LogP contribution in [-0.4, -0.2) is 43.5 Å². The number of halogens is 2. The Labute approximate surface area is 104 Å². The molecule has 0 aliphatic carbocycles. The number of likely N-dealkylation sites (N-methyl/N-ethyl adjacent to an activating group) is 1. The number of rotatable bonds is 2. The third-order valence-corrected chi connectivity index (χ3v) is 3.00. The Hall–Kier alpha value is -1.53. The summed E-state index contributed by atoms with van der Waals surface area (Å²) in [7, 11) is 1.86. The topological polar surface area (TPSA) is 44.4 Å². The molecule has 1 aliphatic heterocycles. The summed E-state index contributed by atoms with van der Waals surface area (Å²) in [5, 5.41) is 5.70. The van der Waals surface area contributed by atoms with Crippen LogP contribution < -0.4 is 10.6 Å². The number of nitrogens with one attached hydrogen (secondary N) is 2. The van der Waals surface area contributed by atoms with E-state index in [0.717, 1.165) is 25.2 Å². The minimum absolute atomic E-state index is 0.226. The minimum atomic E-state index is -0.970. The largest absolute Gasteiger partial charge is 0.325 e. The third kappa shape index (κ3) is 2.83. The van der Waals surface area contributed by atoms with E-state index in [1.165, 1.54) is 6.07 Å². The first kappa shape index (κ1) is 12.9. The van der Waals surface area contributed by atoms with Gasteiger partial charge in [-0.05, 0) is 19.2 Å². The van der Waals surface area contributed by atoms with Crippen LogP contribution in [0.3, 0.4) is 0 Å². The second kappa shape index (κ2) is 5.41. The fraction of sp³-hybridized carbons (Fsp3) is 0.417. The smallest absolute Gasteiger partial charge is 0.243 e. The zero-order valence-corrected chi connectivity index (χ0v) is 10.0. The van der Waals surface area contributed by atoms with Gasteiger partial charge in [0.15, 0.2) is 11.6 Å². The van der Waals surface area contributed by atoms with Crippen molar-refractivity contribution in [1.29, 1.82) is 0 Å². The Morgan fingerprint density at radius 2 is 2.22 bits per heavy atom. The molecule has 2 N–H and O–H groups in total. The van der Waals surface area contributed by atoms with E-state index >= 15 is 0 Å². The van der Waals surface area contributed by atoms with Gasteiger partial charge in [-0.1, -0.05) is 0 Å². The molecule has 4 nitrogen and oxygen atoms in total. The molecule has 6 heteroatoms. The predicted octanol–water partition coefficient (Wildman–Crippen LogP) is 0.807. The summed E-state index contributed by atoms with van der Waals surface area (Å²) >= 11 is 0. The number of amides is 1. The average Bonchev–Trinajstić information content (AvgIpc) is 2.34. The fourth-order valence-electron chi connectivity index (χ4n) is 1.90. The van der Waals surface area contributed by atoms with Crippen molar-refractivity contribution in [3.8, 4) is 0 Å². The molecule has 98 valence electrons. The molecule has 0 saturated carbocycles. The Morgan fingerprint density at radius 1 is 1.44 bits per heavy atom. The number of hydrogen-bond acceptors (Lipinski definition) is 3. The van der Waals surface area contributed by atoms with E-state index < -0.39 is 11.6 Å². The summed E-state index contributed by atoms with van der Waals surface area (Å²) in [5.41, 5.74) is 0.262. The Morgan fingerprint density at radius 3 is 2.89 bits per heavy atom. The van der Waals surface area contributed by atoms with Crippen LogP contribution in [0, 0.1) is 11.6 Å². The molecule has 1 fully saturated rings. The molecule has 1 saturated heterocycles. The maximum Gasteiger partial charge on any atom is 0.243 e. The molecule has 18 heavy (non-hydrogen) atoms. The Kier molecular flexibility index (Phi) is 3.88. The molecular formula is C12H15F2N3O. The highest BCUT2D eigenvalue weighted by Gasteiger charge is 2.25. The molecule has 0 spiro atoms. The zero-order chi connectivity index (χ0) is 13.1. The minimum Gasteiger partial charge on any atom is -0.325 e. The van der Waals surface area contributed by atoms with Gasteiger partial charge in [-0.2, -0.15) is 0 Å².